The molecule has 0 radical (unpaired) electrons. The number of nitrogen functional groups attached to an aromatic ring is 1. The number of anilines is 1. The molecule has 26 heteroatoms. The largest absolute Gasteiger partial charge is 0.481 e. The Morgan fingerprint density at radius 3 is 2.40 bits per heavy atom. The molecule has 0 aliphatic carbocycles. The van der Waals surface area contributed by atoms with E-state index in [0.29, 0.717) is 0 Å². The molecule has 10 atom stereocenters. The first-order valence-electron chi connectivity index (χ1n) is 13.2. The molecule has 2 unspecified atom stereocenters. The van der Waals surface area contributed by atoms with E-state index < -0.39 is 90.8 Å². The fourth-order valence-corrected chi connectivity index (χ4v) is 7.72. The van der Waals surface area contributed by atoms with E-state index in [1.54, 1.807) is 0 Å². The van der Waals surface area contributed by atoms with Crippen LogP contribution in [0.2, 0.25) is 0 Å². The predicted molar refractivity (Wildman–Crippen MR) is 149 cm³/mol. The highest BCUT2D eigenvalue weighted by Gasteiger charge is 2.61. The molecule has 258 valence electrons. The van der Waals surface area contributed by atoms with Gasteiger partial charge in [-0.25, -0.2) is 33.2 Å². The lowest BCUT2D eigenvalue weighted by Crippen LogP contribution is -2.45. The number of phosphoric ester groups is 2. The van der Waals surface area contributed by atoms with Gasteiger partial charge in [-0.2, -0.15) is 4.31 Å². The van der Waals surface area contributed by atoms with Crippen LogP contribution in [-0.2, 0) is 45.9 Å². The number of phosphoric acid groups is 2. The van der Waals surface area contributed by atoms with Crippen LogP contribution in [0.3, 0.4) is 0 Å². The second-order valence-electron chi connectivity index (χ2n) is 10.3. The summed E-state index contributed by atoms with van der Waals surface area (Å²) in [6.45, 7) is -2.28. The van der Waals surface area contributed by atoms with Crippen LogP contribution in [0.25, 0.3) is 11.2 Å². The number of hydrogen-bond acceptors (Lipinski definition) is 19. The molecule has 2 aromatic rings. The first-order chi connectivity index (χ1) is 21.9. The number of amides is 1. The maximum atomic E-state index is 12.6. The zero-order valence-corrected chi connectivity index (χ0v) is 26.2. The Balaban J connectivity index is 1.21. The number of carbonyl (C=O) groups is 1. The summed E-state index contributed by atoms with van der Waals surface area (Å²) in [5, 5.41) is 39.2. The van der Waals surface area contributed by atoms with E-state index in [9.17, 15) is 53.3 Å². The number of fused-ring (bicyclic) bond motifs is 1. The van der Waals surface area contributed by atoms with Crippen LogP contribution >= 0.6 is 23.3 Å². The zero-order chi connectivity index (χ0) is 34.5. The summed E-state index contributed by atoms with van der Waals surface area (Å²) in [5.74, 6) is -0.809. The topological polar surface area (TPSA) is 352 Å². The zero-order valence-electron chi connectivity index (χ0n) is 23.5. The van der Waals surface area contributed by atoms with E-state index in [1.165, 1.54) is 23.4 Å². The van der Waals surface area contributed by atoms with Crippen molar-refractivity contribution in [1.29, 1.82) is 0 Å². The van der Waals surface area contributed by atoms with Gasteiger partial charge in [-0.05, 0) is 6.42 Å². The van der Waals surface area contributed by atoms with Crippen LogP contribution in [0.15, 0.2) is 36.7 Å². The summed E-state index contributed by atoms with van der Waals surface area (Å²) in [7, 11) is -15.1. The number of allylic oxidation sites excluding steroid dienone is 1. The lowest BCUT2D eigenvalue weighted by atomic mass is 10.1. The number of rotatable bonds is 12. The maximum absolute atomic E-state index is 12.6. The van der Waals surface area contributed by atoms with Gasteiger partial charge in [-0.15, -0.1) is 0 Å². The molecule has 0 saturated carbocycles. The summed E-state index contributed by atoms with van der Waals surface area (Å²) in [5.41, 5.74) is 11.2. The number of nitrogens with zero attached hydrogens (tertiary/aromatic N) is 5. The van der Waals surface area contributed by atoms with E-state index in [2.05, 4.69) is 28.3 Å². The minimum absolute atomic E-state index is 0.0319. The summed E-state index contributed by atoms with van der Waals surface area (Å²) in [6, 6.07) is 0. The van der Waals surface area contributed by atoms with Crippen molar-refractivity contribution in [2.24, 2.45) is 5.73 Å². The van der Waals surface area contributed by atoms with Crippen molar-refractivity contribution in [3.63, 3.8) is 0 Å². The molecule has 5 rings (SSSR count). The van der Waals surface area contributed by atoms with Crippen molar-refractivity contribution in [3.05, 3.63) is 36.7 Å². The highest BCUT2D eigenvalue weighted by Crippen LogP contribution is 2.61. The van der Waals surface area contributed by atoms with E-state index >= 15 is 0 Å². The molecule has 47 heavy (non-hydrogen) atoms. The van der Waals surface area contributed by atoms with Crippen molar-refractivity contribution in [1.82, 2.24) is 24.4 Å². The van der Waals surface area contributed by atoms with Crippen molar-refractivity contribution >= 4 is 46.2 Å². The third-order valence-corrected chi connectivity index (χ3v) is 11.0. The Morgan fingerprint density at radius 1 is 1.06 bits per heavy atom. The molecule has 0 aromatic carbocycles. The lowest BCUT2D eigenvalue weighted by molar-refractivity contribution is -0.115. The van der Waals surface area contributed by atoms with Crippen LogP contribution in [0, 0.1) is 0 Å². The number of ether oxygens (including phenoxy) is 2. The standard InChI is InChI=1S/C21H28N7O16P3/c22-16-12-18(25-7-24-16)28(8-26-12)20-15(31)21(33,45(34)35)11(43-20)6-41-47(38,39)44-46(36,37)40-5-10-13(29)14(30)19(42-10)27-3-1-2-9(4-27)17(23)32/h1,3-4,7-8,10-11,13-15,19-20,29-31,33H,2,5-6H2,(H2,23,32)(H,36,37)(H,38,39)(H2,22,24,25)/t10-,11-,13-,14-,15-,19-,20-,21-/m1/s1. The third kappa shape index (κ3) is 6.95. The van der Waals surface area contributed by atoms with E-state index in [1.807, 2.05) is 0 Å². The molecule has 5 heterocycles. The molecule has 3 aliphatic rings. The van der Waals surface area contributed by atoms with Gasteiger partial charge < -0.3 is 56.1 Å². The molecule has 0 spiro atoms. The van der Waals surface area contributed by atoms with Crippen molar-refractivity contribution in [3.8, 4) is 0 Å². The summed E-state index contributed by atoms with van der Waals surface area (Å²) in [6.07, 6.45) is -5.64. The number of imidazole rings is 1. The van der Waals surface area contributed by atoms with Gasteiger partial charge in [-0.3, -0.25) is 18.4 Å². The minimum Gasteiger partial charge on any atom is -0.387 e. The van der Waals surface area contributed by atoms with E-state index in [4.69, 9.17) is 20.9 Å². The van der Waals surface area contributed by atoms with Gasteiger partial charge in [0.15, 0.2) is 23.9 Å². The second kappa shape index (κ2) is 13.1. The smallest absolute Gasteiger partial charge is 0.387 e. The van der Waals surface area contributed by atoms with Crippen LogP contribution in [0.4, 0.5) is 5.82 Å². The molecule has 2 fully saturated rings. The Kier molecular flexibility index (Phi) is 9.88. The van der Waals surface area contributed by atoms with Gasteiger partial charge in [-0.1, -0.05) is 6.08 Å². The Bertz CT molecular complexity index is 1760. The van der Waals surface area contributed by atoms with Gasteiger partial charge in [0.05, 0.1) is 19.5 Å². The Morgan fingerprint density at radius 2 is 1.74 bits per heavy atom. The summed E-state index contributed by atoms with van der Waals surface area (Å²) < 4.78 is 74.5. The Hall–Kier alpha value is -2.98. The number of carbonyl (C=O) groups excluding carboxylic acids is 1. The fourth-order valence-electron chi connectivity index (χ4n) is 4.92. The predicted octanol–water partition coefficient (Wildman–Crippen LogP) is -2.19. The van der Waals surface area contributed by atoms with Crippen LogP contribution in [0.1, 0.15) is 12.6 Å². The lowest BCUT2D eigenvalue weighted by Gasteiger charge is -2.28. The van der Waals surface area contributed by atoms with E-state index in [0.717, 1.165) is 17.2 Å². The van der Waals surface area contributed by atoms with Gasteiger partial charge in [0.25, 0.3) is 0 Å². The molecule has 0 bridgehead atoms. The molecule has 2 saturated heterocycles. The first kappa shape index (κ1) is 35.3. The van der Waals surface area contributed by atoms with Gasteiger partial charge in [0, 0.05) is 18.0 Å². The van der Waals surface area contributed by atoms with Crippen molar-refractivity contribution in [2.45, 2.75) is 54.7 Å². The van der Waals surface area contributed by atoms with E-state index in [-0.39, 0.29) is 29.0 Å². The number of nitrogens with two attached hydrogens (primary N) is 2. The minimum atomic E-state index is -5.62. The molecule has 1 amide bonds. The van der Waals surface area contributed by atoms with Gasteiger partial charge >= 0.3 is 23.3 Å². The Labute approximate surface area is 263 Å². The fraction of sp³-hybridized carbons (Fsp3) is 0.524. The van der Waals surface area contributed by atoms with Gasteiger partial charge in [0.1, 0.15) is 42.4 Å². The van der Waals surface area contributed by atoms with Crippen molar-refractivity contribution in [2.75, 3.05) is 18.9 Å². The molecule has 10 N–H and O–H groups in total. The molecule has 23 nitrogen and oxygen atoms in total. The second-order valence-corrected chi connectivity index (χ2v) is 14.6. The quantitative estimate of drug-likeness (QED) is 0.108. The van der Waals surface area contributed by atoms with Crippen LogP contribution < -0.4 is 11.5 Å². The molecular weight excluding hydrogens is 699 g/mol. The number of primary amides is 1. The normalized spacial score (nSPS) is 33.4. The molecule has 2 aromatic heterocycles. The first-order valence-corrected chi connectivity index (χ1v) is 17.4. The summed E-state index contributed by atoms with van der Waals surface area (Å²) >= 11 is 0. The summed E-state index contributed by atoms with van der Waals surface area (Å²) in [4.78, 5) is 44.5. The van der Waals surface area contributed by atoms with Crippen LogP contribution in [-0.4, -0.2) is 116 Å². The average molecular weight is 727 g/mol. The number of aliphatic hydroxyl groups is 4. The highest BCUT2D eigenvalue weighted by atomic mass is 31.3. The van der Waals surface area contributed by atoms with Crippen molar-refractivity contribution < 1.29 is 76.1 Å². The molecular formula is C21H28N7O16P3. The molecule has 3 aliphatic heterocycles. The number of aromatic nitrogens is 4. The highest BCUT2D eigenvalue weighted by molar-refractivity contribution is 7.61. The number of aliphatic hydroxyl groups excluding tert-OH is 3. The SMILES string of the molecule is NC(=O)C1=CN([C@@H]2O[C@H](COP(=O)(O)OP(=O)(O)OC[C@H]3O[C@@H](n4cnc5c(N)ncnc54)[C@@H](O)[C@]3(O)P(=O)=O)[C@@H](O)[C@H]2O)C=CC1. The number of hydrogen-bond donors (Lipinski definition) is 8. The van der Waals surface area contributed by atoms with Gasteiger partial charge in [0.2, 0.25) is 11.2 Å². The van der Waals surface area contributed by atoms with Crippen LogP contribution in [0.5, 0.6) is 0 Å². The average Bonchev–Trinajstić information content (AvgIpc) is 3.64. The third-order valence-electron chi connectivity index (χ3n) is 7.30. The maximum Gasteiger partial charge on any atom is 0.481 e. The monoisotopic (exact) mass is 727 g/mol.